The molecule has 1 amide bonds. The number of hydrogen-bond donors (Lipinski definition) is 3. The molecule has 0 saturated carbocycles. The number of ketones is 1. The Kier molecular flexibility index (Phi) is 9.82. The van der Waals surface area contributed by atoms with Gasteiger partial charge in [-0.25, -0.2) is 9.59 Å². The zero-order valence-electron chi connectivity index (χ0n) is 19.6. The Morgan fingerprint density at radius 1 is 1.06 bits per heavy atom. The Bertz CT molecular complexity index is 995. The third-order valence-electron chi connectivity index (χ3n) is 5.23. The molecule has 0 heterocycles. The number of benzene rings is 2. The molecule has 2 rings (SSSR count). The van der Waals surface area contributed by atoms with E-state index in [1.165, 1.54) is 6.92 Å². The third kappa shape index (κ3) is 8.37. The van der Waals surface area contributed by atoms with Crippen LogP contribution in [0.4, 0.5) is 10.5 Å². The molecule has 2 aromatic carbocycles. The molecule has 0 fully saturated rings. The zero-order chi connectivity index (χ0) is 25.1. The Morgan fingerprint density at radius 2 is 1.71 bits per heavy atom. The summed E-state index contributed by atoms with van der Waals surface area (Å²) < 4.78 is 11.2. The number of amides is 1. The minimum atomic E-state index is -1.01. The quantitative estimate of drug-likeness (QED) is 0.295. The van der Waals surface area contributed by atoms with E-state index in [0.29, 0.717) is 29.8 Å². The molecule has 34 heavy (non-hydrogen) atoms. The number of carboxylic acid groups (broad SMARTS) is 1. The summed E-state index contributed by atoms with van der Waals surface area (Å²) in [5, 5.41) is 20.4. The van der Waals surface area contributed by atoms with Gasteiger partial charge in [0.05, 0.1) is 6.61 Å². The molecule has 0 aromatic heterocycles. The van der Waals surface area contributed by atoms with Crippen LogP contribution in [0.3, 0.4) is 0 Å². The van der Waals surface area contributed by atoms with Gasteiger partial charge in [-0.2, -0.15) is 0 Å². The summed E-state index contributed by atoms with van der Waals surface area (Å²) in [5.41, 5.74) is 1.23. The number of Topliss-reactive ketones (excluding diaryl/α,β-unsaturated/α-hetero) is 1. The first-order chi connectivity index (χ1) is 16.1. The van der Waals surface area contributed by atoms with Gasteiger partial charge in [0.15, 0.2) is 5.78 Å². The lowest BCUT2D eigenvalue weighted by molar-refractivity contribution is -0.131. The van der Waals surface area contributed by atoms with Crippen molar-refractivity contribution in [2.75, 3.05) is 18.5 Å². The van der Waals surface area contributed by atoms with Crippen LogP contribution in [0.15, 0.2) is 60.7 Å². The summed E-state index contributed by atoms with van der Waals surface area (Å²) in [6.45, 7) is 5.42. The van der Waals surface area contributed by atoms with Crippen LogP contribution < -0.4 is 10.1 Å². The number of hydrogen-bond acceptors (Lipinski definition) is 6. The van der Waals surface area contributed by atoms with Crippen LogP contribution in [0.1, 0.15) is 55.6 Å². The predicted octanol–water partition coefficient (Wildman–Crippen LogP) is 5.00. The minimum absolute atomic E-state index is 0.0701. The molecule has 0 spiro atoms. The first-order valence-electron chi connectivity index (χ1n) is 10.9. The van der Waals surface area contributed by atoms with E-state index < -0.39 is 23.6 Å². The average Bonchev–Trinajstić information content (AvgIpc) is 2.79. The van der Waals surface area contributed by atoms with Gasteiger partial charge >= 0.3 is 12.1 Å². The summed E-state index contributed by atoms with van der Waals surface area (Å²) in [6.07, 6.45) is 2.42. The van der Waals surface area contributed by atoms with E-state index in [9.17, 15) is 14.4 Å². The number of carbonyl (C=O) groups excluding carboxylic acids is 2. The monoisotopic (exact) mass is 469 g/mol. The van der Waals surface area contributed by atoms with Crippen LogP contribution in [0.2, 0.25) is 0 Å². The van der Waals surface area contributed by atoms with Gasteiger partial charge in [-0.15, -0.1) is 0 Å². The Balaban J connectivity index is 2.20. The molecule has 0 unspecified atom stereocenters. The van der Waals surface area contributed by atoms with E-state index >= 15 is 0 Å². The van der Waals surface area contributed by atoms with Gasteiger partial charge in [0.1, 0.15) is 18.5 Å². The van der Waals surface area contributed by atoms with Gasteiger partial charge in [0.2, 0.25) is 0 Å². The fraction of sp³-hybridized carbons (Fsp3) is 0.346. The van der Waals surface area contributed by atoms with Crippen LogP contribution >= 0.6 is 0 Å². The van der Waals surface area contributed by atoms with Crippen LogP contribution in [0.25, 0.3) is 0 Å². The van der Waals surface area contributed by atoms with Gasteiger partial charge in [0, 0.05) is 22.7 Å². The lowest BCUT2D eigenvalue weighted by Crippen LogP contribution is -2.29. The summed E-state index contributed by atoms with van der Waals surface area (Å²) in [7, 11) is 0. The normalized spacial score (nSPS) is 12.2. The van der Waals surface area contributed by atoms with Crippen molar-refractivity contribution < 1.29 is 34.1 Å². The van der Waals surface area contributed by atoms with Crippen molar-refractivity contribution in [2.24, 2.45) is 5.41 Å². The molecule has 8 nitrogen and oxygen atoms in total. The standard InChI is InChI=1S/C26H31NO7/c1-18(29)19-7-11-21(12-8-19)27-25(32)34-24(26(2,3)15-5-4-6-23(30)31)20-9-13-22(14-10-20)33-17-16-28/h4,6-14,24,28H,5,15-17H2,1-3H3,(H,27,32)(H,30,31)/b6-4+/t24-/m0/s1. The lowest BCUT2D eigenvalue weighted by atomic mass is 9.78. The zero-order valence-corrected chi connectivity index (χ0v) is 19.6. The maximum Gasteiger partial charge on any atom is 0.412 e. The van der Waals surface area contributed by atoms with Crippen molar-refractivity contribution in [3.63, 3.8) is 0 Å². The number of anilines is 1. The number of aliphatic hydroxyl groups excluding tert-OH is 1. The van der Waals surface area contributed by atoms with Crippen molar-refractivity contribution >= 4 is 23.5 Å². The molecular formula is C26H31NO7. The van der Waals surface area contributed by atoms with Crippen molar-refractivity contribution in [1.82, 2.24) is 0 Å². The van der Waals surface area contributed by atoms with E-state index in [-0.39, 0.29) is 19.0 Å². The average molecular weight is 470 g/mol. The fourth-order valence-corrected chi connectivity index (χ4v) is 3.39. The summed E-state index contributed by atoms with van der Waals surface area (Å²) >= 11 is 0. The second-order valence-corrected chi connectivity index (χ2v) is 8.45. The second-order valence-electron chi connectivity index (χ2n) is 8.45. The van der Waals surface area contributed by atoms with Crippen LogP contribution in [-0.2, 0) is 9.53 Å². The van der Waals surface area contributed by atoms with Crippen LogP contribution in [0, 0.1) is 5.41 Å². The van der Waals surface area contributed by atoms with Crippen molar-refractivity contribution in [2.45, 2.75) is 39.7 Å². The number of carboxylic acids is 1. The van der Waals surface area contributed by atoms with E-state index in [0.717, 1.165) is 11.6 Å². The molecule has 0 aliphatic heterocycles. The number of nitrogens with one attached hydrogen (secondary N) is 1. The molecule has 0 bridgehead atoms. The van der Waals surface area contributed by atoms with Crippen molar-refractivity contribution in [3.8, 4) is 5.75 Å². The minimum Gasteiger partial charge on any atom is -0.491 e. The van der Waals surface area contributed by atoms with E-state index in [1.54, 1.807) is 54.6 Å². The highest BCUT2D eigenvalue weighted by molar-refractivity contribution is 5.95. The Hall–Kier alpha value is -3.65. The van der Waals surface area contributed by atoms with Gasteiger partial charge in [-0.05, 0) is 61.7 Å². The highest BCUT2D eigenvalue weighted by Crippen LogP contribution is 2.41. The number of allylic oxidation sites excluding steroid dienone is 1. The maximum absolute atomic E-state index is 12.7. The van der Waals surface area contributed by atoms with Gasteiger partial charge in [0.25, 0.3) is 0 Å². The molecular weight excluding hydrogens is 438 g/mol. The summed E-state index contributed by atoms with van der Waals surface area (Å²) in [6, 6.07) is 13.6. The topological polar surface area (TPSA) is 122 Å². The molecule has 8 heteroatoms. The summed E-state index contributed by atoms with van der Waals surface area (Å²) in [5.74, 6) is -0.507. The molecule has 0 radical (unpaired) electrons. The number of aliphatic carboxylic acids is 1. The van der Waals surface area contributed by atoms with E-state index in [1.807, 2.05) is 13.8 Å². The number of rotatable bonds is 12. The third-order valence-corrected chi connectivity index (χ3v) is 5.23. The van der Waals surface area contributed by atoms with Crippen LogP contribution in [0.5, 0.6) is 5.75 Å². The molecule has 3 N–H and O–H groups in total. The molecule has 2 aromatic rings. The molecule has 0 aliphatic carbocycles. The van der Waals surface area contributed by atoms with Gasteiger partial charge in [-0.3, -0.25) is 10.1 Å². The highest BCUT2D eigenvalue weighted by atomic mass is 16.6. The second kappa shape index (κ2) is 12.6. The van der Waals surface area contributed by atoms with Crippen LogP contribution in [-0.4, -0.2) is 41.3 Å². The molecule has 1 atom stereocenters. The largest absolute Gasteiger partial charge is 0.491 e. The van der Waals surface area contributed by atoms with Gasteiger partial charge in [-0.1, -0.05) is 32.1 Å². The Morgan fingerprint density at radius 3 is 2.26 bits per heavy atom. The Labute approximate surface area is 199 Å². The van der Waals surface area contributed by atoms with Crippen molar-refractivity contribution in [3.05, 3.63) is 71.8 Å². The van der Waals surface area contributed by atoms with Gasteiger partial charge < -0.3 is 19.7 Å². The summed E-state index contributed by atoms with van der Waals surface area (Å²) in [4.78, 5) is 34.9. The SMILES string of the molecule is CC(=O)c1ccc(NC(=O)O[C@@H](c2ccc(OCCO)cc2)C(C)(C)CC/C=C/C(=O)O)cc1. The smallest absolute Gasteiger partial charge is 0.412 e. The number of carbonyl (C=O) groups is 3. The fourth-order valence-electron chi connectivity index (χ4n) is 3.39. The number of ether oxygens (including phenoxy) is 2. The number of aliphatic hydroxyl groups is 1. The lowest BCUT2D eigenvalue weighted by Gasteiger charge is -2.34. The maximum atomic E-state index is 12.7. The van der Waals surface area contributed by atoms with E-state index in [4.69, 9.17) is 19.7 Å². The first kappa shape index (κ1) is 26.6. The van der Waals surface area contributed by atoms with E-state index in [2.05, 4.69) is 5.32 Å². The first-order valence-corrected chi connectivity index (χ1v) is 10.9. The molecule has 0 aliphatic rings. The predicted molar refractivity (Wildman–Crippen MR) is 128 cm³/mol. The molecule has 0 saturated heterocycles. The highest BCUT2D eigenvalue weighted by Gasteiger charge is 2.34. The van der Waals surface area contributed by atoms with Crippen molar-refractivity contribution in [1.29, 1.82) is 0 Å². The molecule has 182 valence electrons.